The number of rotatable bonds is 6. The Kier molecular flexibility index (Phi) is 6.12. The zero-order valence-electron chi connectivity index (χ0n) is 16.9. The van der Waals surface area contributed by atoms with E-state index >= 15 is 0 Å². The Hall–Kier alpha value is -3.08. The van der Waals surface area contributed by atoms with E-state index in [1.165, 1.54) is 4.90 Å². The third-order valence-electron chi connectivity index (χ3n) is 5.21. The van der Waals surface area contributed by atoms with Gasteiger partial charge in [0.1, 0.15) is 5.70 Å². The number of carbonyl (C=O) groups is 2. The number of hydrogen-bond donors (Lipinski definition) is 1. The molecule has 0 fully saturated rings. The largest absolute Gasteiger partial charge is 0.350 e. The van der Waals surface area contributed by atoms with Crippen molar-refractivity contribution in [1.82, 2.24) is 4.90 Å². The first kappa shape index (κ1) is 21.2. The van der Waals surface area contributed by atoms with Crippen molar-refractivity contribution in [3.8, 4) is 0 Å². The second kappa shape index (κ2) is 8.96. The van der Waals surface area contributed by atoms with E-state index in [0.717, 1.165) is 11.1 Å². The molecule has 0 saturated heterocycles. The van der Waals surface area contributed by atoms with Gasteiger partial charge in [0.2, 0.25) is 0 Å². The van der Waals surface area contributed by atoms with Gasteiger partial charge in [-0.1, -0.05) is 71.7 Å². The predicted molar refractivity (Wildman–Crippen MR) is 125 cm³/mol. The molecule has 0 bridgehead atoms. The Morgan fingerprint density at radius 2 is 1.58 bits per heavy atom. The highest BCUT2D eigenvalue weighted by Crippen LogP contribution is 2.32. The summed E-state index contributed by atoms with van der Waals surface area (Å²) in [5, 5.41) is 4.27. The topological polar surface area (TPSA) is 49.4 Å². The van der Waals surface area contributed by atoms with Crippen molar-refractivity contribution >= 4 is 46.3 Å². The van der Waals surface area contributed by atoms with Crippen LogP contribution in [0, 0.1) is 6.92 Å². The fourth-order valence-electron chi connectivity index (χ4n) is 3.48. The number of nitrogens with zero attached hydrogens (tertiary/aromatic N) is 1. The van der Waals surface area contributed by atoms with Crippen LogP contribution in [0.25, 0.3) is 5.57 Å². The maximum absolute atomic E-state index is 13.3. The van der Waals surface area contributed by atoms with Crippen LogP contribution in [0.5, 0.6) is 0 Å². The minimum atomic E-state index is -0.359. The molecule has 0 aromatic heterocycles. The number of imide groups is 1. The summed E-state index contributed by atoms with van der Waals surface area (Å²) in [5.74, 6) is -0.688. The van der Waals surface area contributed by atoms with E-state index in [1.54, 1.807) is 30.3 Å². The van der Waals surface area contributed by atoms with Crippen LogP contribution in [0.4, 0.5) is 5.69 Å². The van der Waals surface area contributed by atoms with Gasteiger partial charge in [0.25, 0.3) is 11.8 Å². The van der Waals surface area contributed by atoms with Crippen LogP contribution in [0.1, 0.15) is 16.7 Å². The fraction of sp³-hybridized carbons (Fsp3) is 0.120. The van der Waals surface area contributed by atoms with Crippen molar-refractivity contribution in [3.05, 3.63) is 105 Å². The monoisotopic (exact) mass is 450 g/mol. The van der Waals surface area contributed by atoms with Gasteiger partial charge in [0.15, 0.2) is 0 Å². The molecule has 6 heteroatoms. The number of benzene rings is 3. The van der Waals surface area contributed by atoms with Crippen LogP contribution in [-0.2, 0) is 16.0 Å². The molecule has 0 radical (unpaired) electrons. The van der Waals surface area contributed by atoms with Crippen LogP contribution in [0.3, 0.4) is 0 Å². The van der Waals surface area contributed by atoms with Crippen LogP contribution >= 0.6 is 23.2 Å². The molecular weight excluding hydrogens is 431 g/mol. The van der Waals surface area contributed by atoms with E-state index in [4.69, 9.17) is 23.2 Å². The molecule has 156 valence electrons. The van der Waals surface area contributed by atoms with Crippen molar-refractivity contribution in [2.75, 3.05) is 11.9 Å². The maximum Gasteiger partial charge on any atom is 0.278 e. The first-order valence-corrected chi connectivity index (χ1v) is 10.6. The minimum Gasteiger partial charge on any atom is -0.350 e. The van der Waals surface area contributed by atoms with Crippen molar-refractivity contribution in [2.24, 2.45) is 0 Å². The third kappa shape index (κ3) is 4.50. The highest BCUT2D eigenvalue weighted by Gasteiger charge is 2.38. The predicted octanol–water partition coefficient (Wildman–Crippen LogP) is 5.74. The highest BCUT2D eigenvalue weighted by atomic mass is 35.5. The number of anilines is 1. The van der Waals surface area contributed by atoms with E-state index in [-0.39, 0.29) is 17.5 Å². The van der Waals surface area contributed by atoms with Crippen molar-refractivity contribution in [1.29, 1.82) is 0 Å². The Balaban J connectivity index is 1.68. The number of halogens is 2. The van der Waals surface area contributed by atoms with Gasteiger partial charge in [-0.25, -0.2) is 0 Å². The average molecular weight is 451 g/mol. The van der Waals surface area contributed by atoms with Crippen LogP contribution < -0.4 is 5.32 Å². The quantitative estimate of drug-likeness (QED) is 0.487. The van der Waals surface area contributed by atoms with Crippen LogP contribution in [-0.4, -0.2) is 23.3 Å². The molecule has 0 aliphatic carbocycles. The Morgan fingerprint density at radius 3 is 2.26 bits per heavy atom. The summed E-state index contributed by atoms with van der Waals surface area (Å²) in [4.78, 5) is 27.8. The van der Waals surface area contributed by atoms with Crippen molar-refractivity contribution in [2.45, 2.75) is 13.3 Å². The molecule has 4 nitrogen and oxygen atoms in total. The average Bonchev–Trinajstić information content (AvgIpc) is 3.00. The second-order valence-electron chi connectivity index (χ2n) is 7.34. The second-order valence-corrected chi connectivity index (χ2v) is 8.19. The van der Waals surface area contributed by atoms with E-state index < -0.39 is 0 Å². The Labute approximate surface area is 191 Å². The lowest BCUT2D eigenvalue weighted by atomic mass is 10.0. The van der Waals surface area contributed by atoms with Gasteiger partial charge in [0.05, 0.1) is 5.57 Å². The zero-order valence-corrected chi connectivity index (χ0v) is 18.4. The van der Waals surface area contributed by atoms with Gasteiger partial charge in [-0.2, -0.15) is 0 Å². The van der Waals surface area contributed by atoms with Gasteiger partial charge in [-0.15, -0.1) is 0 Å². The first-order valence-electron chi connectivity index (χ1n) is 9.87. The lowest BCUT2D eigenvalue weighted by Crippen LogP contribution is -2.34. The molecule has 0 atom stereocenters. The SMILES string of the molecule is Cc1ccc(NC2=C(c3ccc(Cl)cc3)C(=O)N(CCc3ccccc3)C2=O)cc1Cl. The van der Waals surface area contributed by atoms with Gasteiger partial charge in [-0.3, -0.25) is 14.5 Å². The maximum atomic E-state index is 13.3. The summed E-state index contributed by atoms with van der Waals surface area (Å²) in [6, 6.07) is 22.1. The van der Waals surface area contributed by atoms with E-state index in [9.17, 15) is 9.59 Å². The van der Waals surface area contributed by atoms with Crippen LogP contribution in [0.15, 0.2) is 78.5 Å². The number of amides is 2. The number of nitrogens with one attached hydrogen (secondary N) is 1. The van der Waals surface area contributed by atoms with Gasteiger partial charge in [0, 0.05) is 22.3 Å². The minimum absolute atomic E-state index is 0.236. The van der Waals surface area contributed by atoms with Crippen molar-refractivity contribution < 1.29 is 9.59 Å². The molecular formula is C25H20Cl2N2O2. The molecule has 1 aliphatic rings. The van der Waals surface area contributed by atoms with Gasteiger partial charge >= 0.3 is 0 Å². The molecule has 1 heterocycles. The van der Waals surface area contributed by atoms with E-state index in [2.05, 4.69) is 5.32 Å². The standard InChI is InChI=1S/C25H20Cl2N2O2/c1-16-7-12-20(15-21(16)27)28-23-22(18-8-10-19(26)11-9-18)24(30)29(25(23)31)14-13-17-5-3-2-4-6-17/h2-12,15,28H,13-14H2,1H3. The third-order valence-corrected chi connectivity index (χ3v) is 5.87. The summed E-state index contributed by atoms with van der Waals surface area (Å²) in [6.45, 7) is 2.19. The first-order chi connectivity index (χ1) is 14.9. The summed E-state index contributed by atoms with van der Waals surface area (Å²) < 4.78 is 0. The number of aryl methyl sites for hydroxylation is 1. The molecule has 0 saturated carbocycles. The molecule has 4 rings (SSSR count). The summed E-state index contributed by atoms with van der Waals surface area (Å²) in [7, 11) is 0. The van der Waals surface area contributed by atoms with E-state index in [0.29, 0.717) is 39.8 Å². The molecule has 2 amide bonds. The highest BCUT2D eigenvalue weighted by molar-refractivity contribution is 6.37. The summed E-state index contributed by atoms with van der Waals surface area (Å²) in [6.07, 6.45) is 0.579. The molecule has 3 aromatic carbocycles. The number of hydrogen-bond acceptors (Lipinski definition) is 3. The Morgan fingerprint density at radius 1 is 0.871 bits per heavy atom. The smallest absolute Gasteiger partial charge is 0.278 e. The van der Waals surface area contributed by atoms with Crippen molar-refractivity contribution in [3.63, 3.8) is 0 Å². The lowest BCUT2D eigenvalue weighted by molar-refractivity contribution is -0.136. The molecule has 1 N–H and O–H groups in total. The van der Waals surface area contributed by atoms with Crippen LogP contribution in [0.2, 0.25) is 10.0 Å². The summed E-state index contributed by atoms with van der Waals surface area (Å²) in [5.41, 5.74) is 3.82. The normalized spacial score (nSPS) is 13.8. The Bertz CT molecular complexity index is 1170. The fourth-order valence-corrected chi connectivity index (χ4v) is 3.79. The zero-order chi connectivity index (χ0) is 22.0. The summed E-state index contributed by atoms with van der Waals surface area (Å²) >= 11 is 12.3. The van der Waals surface area contributed by atoms with Gasteiger partial charge < -0.3 is 5.32 Å². The molecule has 31 heavy (non-hydrogen) atoms. The number of carbonyl (C=O) groups excluding carboxylic acids is 2. The van der Waals surface area contributed by atoms with E-state index in [1.807, 2.05) is 49.4 Å². The molecule has 0 spiro atoms. The molecule has 3 aromatic rings. The lowest BCUT2D eigenvalue weighted by Gasteiger charge is -2.15. The molecule has 0 unspecified atom stereocenters. The molecule has 1 aliphatic heterocycles. The van der Waals surface area contributed by atoms with Gasteiger partial charge in [-0.05, 0) is 54.3 Å².